The molecule has 1 aliphatic carbocycles. The van der Waals surface area contributed by atoms with Crippen molar-refractivity contribution < 1.29 is 4.42 Å². The van der Waals surface area contributed by atoms with Crippen LogP contribution in [0.1, 0.15) is 24.2 Å². The zero-order valence-electron chi connectivity index (χ0n) is 12.1. The van der Waals surface area contributed by atoms with Gasteiger partial charge in [0.05, 0.1) is 6.20 Å². The minimum absolute atomic E-state index is 0.810. The first kappa shape index (κ1) is 13.4. The van der Waals surface area contributed by atoms with Crippen LogP contribution in [0.3, 0.4) is 0 Å². The lowest BCUT2D eigenvalue weighted by molar-refractivity contribution is 0.321. The molecular weight excluding hydrogens is 252 g/mol. The molecule has 1 saturated carbocycles. The highest BCUT2D eigenvalue weighted by Gasteiger charge is 2.25. The maximum absolute atomic E-state index is 5.65. The molecule has 0 amide bonds. The SMILES string of the molecule is Cc1ccc(-c2[nH]ncc2CNCCN(C)C2CC2)o1. The molecule has 2 aromatic rings. The molecule has 2 heterocycles. The third-order valence-corrected chi connectivity index (χ3v) is 3.83. The second-order valence-corrected chi connectivity index (χ2v) is 5.57. The summed E-state index contributed by atoms with van der Waals surface area (Å²) in [5, 5.41) is 10.6. The molecule has 0 bridgehead atoms. The Morgan fingerprint density at radius 3 is 3.00 bits per heavy atom. The molecule has 0 aromatic carbocycles. The molecule has 2 N–H and O–H groups in total. The summed E-state index contributed by atoms with van der Waals surface area (Å²) in [6, 6.07) is 4.78. The number of rotatable bonds is 7. The lowest BCUT2D eigenvalue weighted by Crippen LogP contribution is -2.30. The number of nitrogens with zero attached hydrogens (tertiary/aromatic N) is 2. The predicted octanol–water partition coefficient (Wildman–Crippen LogP) is 2.16. The maximum atomic E-state index is 5.65. The van der Waals surface area contributed by atoms with E-state index in [1.54, 1.807) is 0 Å². The highest BCUT2D eigenvalue weighted by molar-refractivity contribution is 5.56. The third-order valence-electron chi connectivity index (χ3n) is 3.83. The molecule has 1 aliphatic rings. The van der Waals surface area contributed by atoms with Crippen molar-refractivity contribution in [3.05, 3.63) is 29.7 Å². The van der Waals surface area contributed by atoms with Crippen LogP contribution in [0.4, 0.5) is 0 Å². The van der Waals surface area contributed by atoms with Crippen molar-refractivity contribution >= 4 is 0 Å². The van der Waals surface area contributed by atoms with Crippen LogP contribution in [0.15, 0.2) is 22.7 Å². The van der Waals surface area contributed by atoms with Crippen LogP contribution in [0.5, 0.6) is 0 Å². The first-order chi connectivity index (χ1) is 9.74. The zero-order chi connectivity index (χ0) is 13.9. The van der Waals surface area contributed by atoms with Gasteiger partial charge in [-0.2, -0.15) is 5.10 Å². The second kappa shape index (κ2) is 5.81. The van der Waals surface area contributed by atoms with Crippen LogP contribution in [-0.4, -0.2) is 41.3 Å². The van der Waals surface area contributed by atoms with E-state index in [2.05, 4.69) is 27.5 Å². The number of likely N-dealkylation sites (N-methyl/N-ethyl adjacent to an activating group) is 1. The van der Waals surface area contributed by atoms with Gasteiger partial charge in [-0.05, 0) is 38.9 Å². The summed E-state index contributed by atoms with van der Waals surface area (Å²) < 4.78 is 5.65. The lowest BCUT2D eigenvalue weighted by Gasteiger charge is -2.15. The Balaban J connectivity index is 1.51. The van der Waals surface area contributed by atoms with Gasteiger partial charge in [0.2, 0.25) is 0 Å². The second-order valence-electron chi connectivity index (χ2n) is 5.57. The number of H-pyrrole nitrogens is 1. The van der Waals surface area contributed by atoms with Crippen LogP contribution in [0.2, 0.25) is 0 Å². The van der Waals surface area contributed by atoms with Crippen LogP contribution in [0, 0.1) is 6.92 Å². The summed E-state index contributed by atoms with van der Waals surface area (Å²) in [7, 11) is 2.20. The van der Waals surface area contributed by atoms with Crippen LogP contribution in [-0.2, 0) is 6.54 Å². The molecule has 0 radical (unpaired) electrons. The molecule has 20 heavy (non-hydrogen) atoms. The van der Waals surface area contributed by atoms with Gasteiger partial charge in [-0.15, -0.1) is 0 Å². The largest absolute Gasteiger partial charge is 0.460 e. The van der Waals surface area contributed by atoms with Gasteiger partial charge in [-0.3, -0.25) is 5.10 Å². The van der Waals surface area contributed by atoms with E-state index in [0.717, 1.165) is 48.5 Å². The lowest BCUT2D eigenvalue weighted by atomic mass is 10.2. The number of hydrogen-bond donors (Lipinski definition) is 2. The smallest absolute Gasteiger partial charge is 0.152 e. The molecule has 0 atom stereocenters. The van der Waals surface area contributed by atoms with E-state index in [9.17, 15) is 0 Å². The number of aromatic nitrogens is 2. The van der Waals surface area contributed by atoms with Gasteiger partial charge >= 0.3 is 0 Å². The molecule has 108 valence electrons. The van der Waals surface area contributed by atoms with E-state index in [1.807, 2.05) is 25.3 Å². The standard InChI is InChI=1S/C15H22N4O/c1-11-3-6-14(20-11)15-12(10-17-18-15)9-16-7-8-19(2)13-4-5-13/h3,6,10,13,16H,4-5,7-9H2,1-2H3,(H,17,18). The minimum Gasteiger partial charge on any atom is -0.460 e. The molecule has 2 aromatic heterocycles. The Hall–Kier alpha value is -1.59. The van der Waals surface area contributed by atoms with Gasteiger partial charge < -0.3 is 14.6 Å². The van der Waals surface area contributed by atoms with Gasteiger partial charge in [0.1, 0.15) is 11.5 Å². The molecule has 3 rings (SSSR count). The molecule has 0 spiro atoms. The summed E-state index contributed by atoms with van der Waals surface area (Å²) >= 11 is 0. The fourth-order valence-electron chi connectivity index (χ4n) is 2.40. The van der Waals surface area contributed by atoms with Crippen LogP contribution in [0.25, 0.3) is 11.5 Å². The Morgan fingerprint density at radius 2 is 2.30 bits per heavy atom. The quantitative estimate of drug-likeness (QED) is 0.760. The molecule has 5 nitrogen and oxygen atoms in total. The summed E-state index contributed by atoms with van der Waals surface area (Å²) in [5.74, 6) is 1.77. The fourth-order valence-corrected chi connectivity index (χ4v) is 2.40. The van der Waals surface area contributed by atoms with Gasteiger partial charge in [0.15, 0.2) is 5.76 Å². The monoisotopic (exact) mass is 274 g/mol. The topological polar surface area (TPSA) is 57.1 Å². The van der Waals surface area contributed by atoms with Crippen molar-refractivity contribution in [2.75, 3.05) is 20.1 Å². The highest BCUT2D eigenvalue weighted by atomic mass is 16.3. The van der Waals surface area contributed by atoms with E-state index in [-0.39, 0.29) is 0 Å². The molecule has 1 fully saturated rings. The average Bonchev–Trinajstić information content (AvgIpc) is 3.04. The summed E-state index contributed by atoms with van der Waals surface area (Å²) in [6.45, 7) is 4.85. The van der Waals surface area contributed by atoms with Gasteiger partial charge in [-0.1, -0.05) is 0 Å². The normalized spacial score (nSPS) is 15.2. The first-order valence-corrected chi connectivity index (χ1v) is 7.24. The molecule has 0 aliphatic heterocycles. The summed E-state index contributed by atoms with van der Waals surface area (Å²) in [6.07, 6.45) is 4.59. The van der Waals surface area contributed by atoms with Crippen molar-refractivity contribution in [3.63, 3.8) is 0 Å². The Kier molecular flexibility index (Phi) is 3.89. The van der Waals surface area contributed by atoms with Crippen molar-refractivity contribution in [1.29, 1.82) is 0 Å². The fraction of sp³-hybridized carbons (Fsp3) is 0.533. The van der Waals surface area contributed by atoms with Crippen LogP contribution >= 0.6 is 0 Å². The maximum Gasteiger partial charge on any atom is 0.152 e. The Labute approximate surface area is 119 Å². The Morgan fingerprint density at radius 1 is 1.45 bits per heavy atom. The number of furan rings is 1. The first-order valence-electron chi connectivity index (χ1n) is 7.24. The van der Waals surface area contributed by atoms with Gasteiger partial charge in [-0.25, -0.2) is 0 Å². The van der Waals surface area contributed by atoms with Crippen molar-refractivity contribution in [2.24, 2.45) is 0 Å². The number of hydrogen-bond acceptors (Lipinski definition) is 4. The highest BCUT2D eigenvalue weighted by Crippen LogP contribution is 2.25. The van der Waals surface area contributed by atoms with E-state index >= 15 is 0 Å². The van der Waals surface area contributed by atoms with Crippen molar-refractivity contribution in [3.8, 4) is 11.5 Å². The van der Waals surface area contributed by atoms with Gasteiger partial charge in [0.25, 0.3) is 0 Å². The molecule has 5 heteroatoms. The van der Waals surface area contributed by atoms with Crippen molar-refractivity contribution in [1.82, 2.24) is 20.4 Å². The van der Waals surface area contributed by atoms with E-state index in [4.69, 9.17) is 4.42 Å². The molecular formula is C15H22N4O. The van der Waals surface area contributed by atoms with Crippen molar-refractivity contribution in [2.45, 2.75) is 32.4 Å². The van der Waals surface area contributed by atoms with E-state index in [1.165, 1.54) is 12.8 Å². The zero-order valence-corrected chi connectivity index (χ0v) is 12.1. The molecule has 0 saturated heterocycles. The van der Waals surface area contributed by atoms with E-state index in [0.29, 0.717) is 0 Å². The average molecular weight is 274 g/mol. The third kappa shape index (κ3) is 3.11. The number of aromatic amines is 1. The Bertz CT molecular complexity index is 556. The summed E-state index contributed by atoms with van der Waals surface area (Å²) in [5.41, 5.74) is 2.12. The predicted molar refractivity (Wildman–Crippen MR) is 78.4 cm³/mol. The van der Waals surface area contributed by atoms with Crippen LogP contribution < -0.4 is 5.32 Å². The molecule has 0 unspecified atom stereocenters. The minimum atomic E-state index is 0.810. The van der Waals surface area contributed by atoms with E-state index < -0.39 is 0 Å². The van der Waals surface area contributed by atoms with Gasteiger partial charge in [0, 0.05) is 31.2 Å². The summed E-state index contributed by atoms with van der Waals surface area (Å²) in [4.78, 5) is 2.43. The number of aryl methyl sites for hydroxylation is 1. The number of nitrogens with one attached hydrogen (secondary N) is 2.